The van der Waals surface area contributed by atoms with E-state index in [2.05, 4.69) is 5.32 Å². The smallest absolute Gasteiger partial charge is 0.264 e. The maximum atomic E-state index is 13.5. The Morgan fingerprint density at radius 3 is 2.33 bits per heavy atom. The molecule has 0 heterocycles. The van der Waals surface area contributed by atoms with Gasteiger partial charge in [-0.3, -0.25) is 9.10 Å². The molecular weight excluding hydrogens is 460 g/mol. The van der Waals surface area contributed by atoms with E-state index >= 15 is 0 Å². The Morgan fingerprint density at radius 2 is 1.73 bits per heavy atom. The summed E-state index contributed by atoms with van der Waals surface area (Å²) in [6.45, 7) is 5.71. The summed E-state index contributed by atoms with van der Waals surface area (Å²) in [5.41, 5.74) is 1.92. The van der Waals surface area contributed by atoms with Crippen LogP contribution in [0.3, 0.4) is 0 Å². The number of hydrogen-bond donors (Lipinski definition) is 1. The molecule has 1 N–H and O–H groups in total. The molecule has 174 valence electrons. The number of nitrogens with zero attached hydrogens (tertiary/aromatic N) is 1. The molecular formula is C25H27ClN2O4S. The molecule has 0 spiro atoms. The van der Waals surface area contributed by atoms with Gasteiger partial charge in [0.2, 0.25) is 5.91 Å². The summed E-state index contributed by atoms with van der Waals surface area (Å²) < 4.78 is 33.5. The molecule has 0 aliphatic heterocycles. The predicted octanol–water partition coefficient (Wildman–Crippen LogP) is 5.12. The Labute approximate surface area is 200 Å². The fourth-order valence-electron chi connectivity index (χ4n) is 3.44. The number of halogens is 1. The third kappa shape index (κ3) is 6.06. The fraction of sp³-hybridized carbons (Fsp3) is 0.240. The zero-order valence-electron chi connectivity index (χ0n) is 18.8. The minimum absolute atomic E-state index is 0.103. The number of anilines is 1. The van der Waals surface area contributed by atoms with E-state index in [0.29, 0.717) is 22.9 Å². The van der Waals surface area contributed by atoms with E-state index in [4.69, 9.17) is 16.3 Å². The number of amides is 1. The molecule has 0 aromatic heterocycles. The van der Waals surface area contributed by atoms with E-state index in [1.165, 1.54) is 12.1 Å². The van der Waals surface area contributed by atoms with Crippen molar-refractivity contribution >= 4 is 33.2 Å². The molecule has 0 radical (unpaired) electrons. The average molecular weight is 487 g/mol. The van der Waals surface area contributed by atoms with E-state index in [0.717, 1.165) is 15.6 Å². The topological polar surface area (TPSA) is 75.7 Å². The van der Waals surface area contributed by atoms with E-state index in [9.17, 15) is 13.2 Å². The van der Waals surface area contributed by atoms with Gasteiger partial charge in [-0.2, -0.15) is 0 Å². The normalized spacial score (nSPS) is 12.1. The van der Waals surface area contributed by atoms with Gasteiger partial charge in [-0.1, -0.05) is 41.9 Å². The first-order valence-corrected chi connectivity index (χ1v) is 12.4. The second-order valence-corrected chi connectivity index (χ2v) is 9.85. The molecule has 3 aromatic rings. The molecule has 0 saturated heterocycles. The predicted molar refractivity (Wildman–Crippen MR) is 131 cm³/mol. The van der Waals surface area contributed by atoms with Crippen molar-refractivity contribution < 1.29 is 17.9 Å². The number of aryl methyl sites for hydroxylation is 1. The highest BCUT2D eigenvalue weighted by Crippen LogP contribution is 2.29. The number of hydrogen-bond acceptors (Lipinski definition) is 4. The van der Waals surface area contributed by atoms with Gasteiger partial charge in [-0.15, -0.1) is 0 Å². The van der Waals surface area contributed by atoms with Crippen LogP contribution in [-0.4, -0.2) is 27.5 Å². The second kappa shape index (κ2) is 10.7. The van der Waals surface area contributed by atoms with Crippen molar-refractivity contribution in [3.8, 4) is 5.75 Å². The van der Waals surface area contributed by atoms with Gasteiger partial charge in [0.15, 0.2) is 0 Å². The van der Waals surface area contributed by atoms with Crippen molar-refractivity contribution in [3.63, 3.8) is 0 Å². The molecule has 3 aromatic carbocycles. The summed E-state index contributed by atoms with van der Waals surface area (Å²) in [6, 6.07) is 20.0. The SMILES string of the molecule is CCOc1ccc(C(C)NC(=O)CN(c2ccc(Cl)cc2C)S(=O)(=O)c2ccccc2)cc1. The molecule has 0 fully saturated rings. The Bertz CT molecular complexity index is 1200. The number of rotatable bonds is 9. The van der Waals surface area contributed by atoms with Crippen LogP contribution >= 0.6 is 11.6 Å². The van der Waals surface area contributed by atoms with Crippen LogP contribution in [0.15, 0.2) is 77.7 Å². The minimum atomic E-state index is -3.98. The Hall–Kier alpha value is -3.03. The van der Waals surface area contributed by atoms with Crippen molar-refractivity contribution in [2.75, 3.05) is 17.5 Å². The lowest BCUT2D eigenvalue weighted by molar-refractivity contribution is -0.120. The maximum absolute atomic E-state index is 13.5. The van der Waals surface area contributed by atoms with Crippen LogP contribution in [-0.2, 0) is 14.8 Å². The van der Waals surface area contributed by atoms with E-state index in [1.54, 1.807) is 43.3 Å². The molecule has 6 nitrogen and oxygen atoms in total. The highest BCUT2D eigenvalue weighted by atomic mass is 35.5. The van der Waals surface area contributed by atoms with E-state index in [-0.39, 0.29) is 17.5 Å². The fourth-order valence-corrected chi connectivity index (χ4v) is 5.17. The van der Waals surface area contributed by atoms with Crippen LogP contribution in [0.25, 0.3) is 0 Å². The summed E-state index contributed by atoms with van der Waals surface area (Å²) in [5.74, 6) is 0.323. The number of carbonyl (C=O) groups is 1. The summed E-state index contributed by atoms with van der Waals surface area (Å²) in [4.78, 5) is 13.1. The van der Waals surface area contributed by atoms with Gasteiger partial charge in [0, 0.05) is 5.02 Å². The van der Waals surface area contributed by atoms with Gasteiger partial charge in [0.1, 0.15) is 12.3 Å². The van der Waals surface area contributed by atoms with Gasteiger partial charge in [0.05, 0.1) is 23.2 Å². The van der Waals surface area contributed by atoms with Crippen molar-refractivity contribution in [2.24, 2.45) is 0 Å². The first-order valence-electron chi connectivity index (χ1n) is 10.6. The Kier molecular flexibility index (Phi) is 8.00. The Morgan fingerprint density at radius 1 is 1.06 bits per heavy atom. The number of sulfonamides is 1. The van der Waals surface area contributed by atoms with Gasteiger partial charge in [0.25, 0.3) is 10.0 Å². The maximum Gasteiger partial charge on any atom is 0.264 e. The Balaban J connectivity index is 1.86. The van der Waals surface area contributed by atoms with Crippen molar-refractivity contribution in [1.82, 2.24) is 5.32 Å². The van der Waals surface area contributed by atoms with Crippen LogP contribution in [0, 0.1) is 6.92 Å². The first kappa shape index (κ1) is 24.6. The lowest BCUT2D eigenvalue weighted by atomic mass is 10.1. The summed E-state index contributed by atoms with van der Waals surface area (Å²) in [5, 5.41) is 3.38. The van der Waals surface area contributed by atoms with Crippen LogP contribution in [0.4, 0.5) is 5.69 Å². The quantitative estimate of drug-likeness (QED) is 0.455. The van der Waals surface area contributed by atoms with Crippen molar-refractivity contribution in [2.45, 2.75) is 31.7 Å². The lowest BCUT2D eigenvalue weighted by Crippen LogP contribution is -2.41. The van der Waals surface area contributed by atoms with E-state index in [1.807, 2.05) is 38.1 Å². The van der Waals surface area contributed by atoms with Crippen LogP contribution in [0.1, 0.15) is 31.0 Å². The highest BCUT2D eigenvalue weighted by molar-refractivity contribution is 7.92. The first-order chi connectivity index (χ1) is 15.7. The third-order valence-corrected chi connectivity index (χ3v) is 7.12. The molecule has 0 bridgehead atoms. The molecule has 33 heavy (non-hydrogen) atoms. The second-order valence-electron chi connectivity index (χ2n) is 7.55. The standard InChI is InChI=1S/C25H27ClN2O4S/c1-4-32-22-13-10-20(11-14-22)19(3)27-25(29)17-28(24-15-12-21(26)16-18(24)2)33(30,31)23-8-6-5-7-9-23/h5-16,19H,4,17H2,1-3H3,(H,27,29). The molecule has 1 amide bonds. The zero-order chi connectivity index (χ0) is 24.0. The molecule has 3 rings (SSSR count). The van der Waals surface area contributed by atoms with Crippen molar-refractivity contribution in [1.29, 1.82) is 0 Å². The number of benzene rings is 3. The van der Waals surface area contributed by atoms with Crippen LogP contribution in [0.2, 0.25) is 5.02 Å². The monoisotopic (exact) mass is 486 g/mol. The molecule has 0 aliphatic carbocycles. The van der Waals surface area contributed by atoms with Crippen LogP contribution < -0.4 is 14.4 Å². The van der Waals surface area contributed by atoms with Crippen molar-refractivity contribution in [3.05, 3.63) is 88.9 Å². The molecule has 1 atom stereocenters. The van der Waals surface area contributed by atoms with Gasteiger partial charge >= 0.3 is 0 Å². The highest BCUT2D eigenvalue weighted by Gasteiger charge is 2.28. The summed E-state index contributed by atoms with van der Waals surface area (Å²) in [6.07, 6.45) is 0. The average Bonchev–Trinajstić information content (AvgIpc) is 2.79. The van der Waals surface area contributed by atoms with Gasteiger partial charge in [-0.05, 0) is 74.4 Å². The van der Waals surface area contributed by atoms with Gasteiger partial charge in [-0.25, -0.2) is 8.42 Å². The number of ether oxygens (including phenoxy) is 1. The van der Waals surface area contributed by atoms with Gasteiger partial charge < -0.3 is 10.1 Å². The zero-order valence-corrected chi connectivity index (χ0v) is 20.4. The van der Waals surface area contributed by atoms with Crippen LogP contribution in [0.5, 0.6) is 5.75 Å². The molecule has 0 aliphatic rings. The number of nitrogens with one attached hydrogen (secondary N) is 1. The number of carbonyl (C=O) groups excluding carboxylic acids is 1. The summed E-state index contributed by atoms with van der Waals surface area (Å²) in [7, 11) is -3.98. The van der Waals surface area contributed by atoms with E-state index < -0.39 is 15.9 Å². The third-order valence-electron chi connectivity index (χ3n) is 5.11. The largest absolute Gasteiger partial charge is 0.494 e. The minimum Gasteiger partial charge on any atom is -0.494 e. The summed E-state index contributed by atoms with van der Waals surface area (Å²) >= 11 is 6.07. The molecule has 0 saturated carbocycles. The molecule has 8 heteroatoms. The molecule has 1 unspecified atom stereocenters. The lowest BCUT2D eigenvalue weighted by Gasteiger charge is -2.26.